The maximum Gasteiger partial charge on any atom is 0.254 e. The predicted octanol–water partition coefficient (Wildman–Crippen LogP) is 2.19. The van der Waals surface area contributed by atoms with E-state index in [4.69, 9.17) is 11.6 Å². The first-order chi connectivity index (χ1) is 10.7. The van der Waals surface area contributed by atoms with Gasteiger partial charge in [-0.3, -0.25) is 9.59 Å². The molecular weight excluding hydrogens is 316 g/mol. The fraction of sp³-hybridized carbons (Fsp3) is 0.529. The number of rotatable bonds is 1. The summed E-state index contributed by atoms with van der Waals surface area (Å²) < 4.78 is 0. The van der Waals surface area contributed by atoms with E-state index < -0.39 is 12.3 Å². The number of hydrogen-bond acceptors (Lipinski definition) is 3. The Morgan fingerprint density at radius 3 is 2.61 bits per heavy atom. The molecule has 6 heteroatoms. The molecule has 0 spiro atoms. The molecule has 0 saturated carbocycles. The highest BCUT2D eigenvalue weighted by molar-refractivity contribution is 6.33. The summed E-state index contributed by atoms with van der Waals surface area (Å²) in [4.78, 5) is 25.6. The lowest BCUT2D eigenvalue weighted by atomic mass is 9.85. The summed E-state index contributed by atoms with van der Waals surface area (Å²) in [5, 5.41) is 13.2. The lowest BCUT2D eigenvalue weighted by molar-refractivity contribution is -0.129. The maximum absolute atomic E-state index is 12.7. The molecule has 2 amide bonds. The molecule has 1 saturated heterocycles. The van der Waals surface area contributed by atoms with Crippen molar-refractivity contribution in [1.29, 1.82) is 0 Å². The summed E-state index contributed by atoms with van der Waals surface area (Å²) in [5.41, 5.74) is 2.30. The molecule has 23 heavy (non-hydrogen) atoms. The highest BCUT2D eigenvalue weighted by Gasteiger charge is 2.40. The number of amides is 2. The Bertz CT molecular complexity index is 681. The van der Waals surface area contributed by atoms with Gasteiger partial charge in [0.05, 0.1) is 11.1 Å². The fourth-order valence-electron chi connectivity index (χ4n) is 3.32. The Labute approximate surface area is 140 Å². The largest absolute Gasteiger partial charge is 0.372 e. The molecule has 2 atom stereocenters. The molecule has 1 aromatic rings. The minimum Gasteiger partial charge on any atom is -0.372 e. The number of nitrogens with one attached hydrogen (secondary N) is 1. The topological polar surface area (TPSA) is 69.6 Å². The third-order valence-electron chi connectivity index (χ3n) is 4.61. The number of carbonyl (C=O) groups is 2. The second kappa shape index (κ2) is 5.49. The van der Waals surface area contributed by atoms with Gasteiger partial charge in [0.1, 0.15) is 6.23 Å². The van der Waals surface area contributed by atoms with E-state index in [1.165, 1.54) is 0 Å². The van der Waals surface area contributed by atoms with Gasteiger partial charge in [-0.15, -0.1) is 0 Å². The van der Waals surface area contributed by atoms with Crippen LogP contribution in [0, 0.1) is 0 Å². The first-order valence-corrected chi connectivity index (χ1v) is 8.18. The summed E-state index contributed by atoms with van der Waals surface area (Å²) in [5.74, 6) is -0.325. The Morgan fingerprint density at radius 1 is 1.30 bits per heavy atom. The lowest BCUT2D eigenvalue weighted by Crippen LogP contribution is -2.55. The molecule has 3 rings (SSSR count). The molecule has 2 N–H and O–H groups in total. The summed E-state index contributed by atoms with van der Waals surface area (Å²) >= 11 is 6.56. The van der Waals surface area contributed by atoms with Crippen molar-refractivity contribution >= 4 is 23.4 Å². The first-order valence-electron chi connectivity index (χ1n) is 7.80. The van der Waals surface area contributed by atoms with Gasteiger partial charge in [0.2, 0.25) is 5.91 Å². The molecule has 1 fully saturated rings. The van der Waals surface area contributed by atoms with E-state index in [-0.39, 0.29) is 17.2 Å². The Kier molecular flexibility index (Phi) is 3.89. The zero-order valence-corrected chi connectivity index (χ0v) is 14.3. The van der Waals surface area contributed by atoms with Crippen LogP contribution in [0.25, 0.3) is 0 Å². The summed E-state index contributed by atoms with van der Waals surface area (Å²) in [7, 11) is 0. The number of benzene rings is 1. The number of fused-ring (bicyclic) bond motifs is 1. The van der Waals surface area contributed by atoms with Crippen molar-refractivity contribution in [1.82, 2.24) is 10.2 Å². The van der Waals surface area contributed by atoms with Crippen molar-refractivity contribution in [3.05, 3.63) is 33.8 Å². The summed E-state index contributed by atoms with van der Waals surface area (Å²) in [6.45, 7) is 6.61. The van der Waals surface area contributed by atoms with Crippen LogP contribution in [-0.4, -0.2) is 34.1 Å². The van der Waals surface area contributed by atoms with E-state index in [0.717, 1.165) is 11.1 Å². The van der Waals surface area contributed by atoms with Gasteiger partial charge < -0.3 is 15.3 Å². The van der Waals surface area contributed by atoms with Crippen LogP contribution in [0.4, 0.5) is 0 Å². The van der Waals surface area contributed by atoms with Crippen molar-refractivity contribution in [2.45, 2.75) is 57.8 Å². The summed E-state index contributed by atoms with van der Waals surface area (Å²) in [6.07, 6.45) is -0.269. The van der Waals surface area contributed by atoms with Crippen LogP contribution in [0.15, 0.2) is 12.1 Å². The van der Waals surface area contributed by atoms with Crippen LogP contribution in [0.2, 0.25) is 5.02 Å². The molecular formula is C17H21ClN2O3. The number of hydrogen-bond donors (Lipinski definition) is 2. The van der Waals surface area contributed by atoms with E-state index in [9.17, 15) is 14.7 Å². The Hall–Kier alpha value is -1.59. The number of piperidine rings is 1. The predicted molar refractivity (Wildman–Crippen MR) is 87.2 cm³/mol. The SMILES string of the molecule is CC(C)(C)c1ccc2c(c1Cl)CN(C1CCC(=O)NC1O)C2=O. The average Bonchev–Trinajstić information content (AvgIpc) is 2.76. The maximum atomic E-state index is 12.7. The molecule has 2 unspecified atom stereocenters. The van der Waals surface area contributed by atoms with Gasteiger partial charge in [0.15, 0.2) is 0 Å². The van der Waals surface area contributed by atoms with E-state index >= 15 is 0 Å². The molecule has 1 aromatic carbocycles. The molecule has 2 heterocycles. The third-order valence-corrected chi connectivity index (χ3v) is 5.04. The average molecular weight is 337 g/mol. The monoisotopic (exact) mass is 336 g/mol. The number of aliphatic hydroxyl groups is 1. The fourth-order valence-corrected chi connectivity index (χ4v) is 3.82. The van der Waals surface area contributed by atoms with Crippen LogP contribution in [0.1, 0.15) is 55.1 Å². The molecule has 5 nitrogen and oxygen atoms in total. The minimum absolute atomic E-state index is 0.110. The van der Waals surface area contributed by atoms with Crippen molar-refractivity contribution < 1.29 is 14.7 Å². The van der Waals surface area contributed by atoms with Crippen LogP contribution < -0.4 is 5.32 Å². The molecule has 0 radical (unpaired) electrons. The number of carbonyl (C=O) groups excluding carboxylic acids is 2. The number of halogens is 1. The highest BCUT2D eigenvalue weighted by Crippen LogP contribution is 2.38. The van der Waals surface area contributed by atoms with Crippen molar-refractivity contribution in [3.63, 3.8) is 0 Å². The molecule has 0 aliphatic carbocycles. The third kappa shape index (κ3) is 2.72. The molecule has 2 aliphatic rings. The second-order valence-corrected chi connectivity index (χ2v) is 7.63. The number of nitrogens with zero attached hydrogens (tertiary/aromatic N) is 1. The van der Waals surface area contributed by atoms with E-state index in [1.807, 2.05) is 12.1 Å². The Balaban J connectivity index is 1.93. The zero-order chi connectivity index (χ0) is 16.9. The highest BCUT2D eigenvalue weighted by atomic mass is 35.5. The zero-order valence-electron chi connectivity index (χ0n) is 13.5. The van der Waals surface area contributed by atoms with Crippen molar-refractivity contribution in [2.24, 2.45) is 0 Å². The van der Waals surface area contributed by atoms with Gasteiger partial charge in [-0.2, -0.15) is 0 Å². The van der Waals surface area contributed by atoms with Gasteiger partial charge in [-0.25, -0.2) is 0 Å². The van der Waals surface area contributed by atoms with E-state index in [2.05, 4.69) is 26.1 Å². The van der Waals surface area contributed by atoms with E-state index in [1.54, 1.807) is 4.90 Å². The van der Waals surface area contributed by atoms with Gasteiger partial charge in [0, 0.05) is 24.1 Å². The minimum atomic E-state index is -1.03. The van der Waals surface area contributed by atoms with Crippen LogP contribution in [0.3, 0.4) is 0 Å². The molecule has 0 bridgehead atoms. The quantitative estimate of drug-likeness (QED) is 0.826. The van der Waals surface area contributed by atoms with Crippen LogP contribution >= 0.6 is 11.6 Å². The normalized spacial score (nSPS) is 24.7. The van der Waals surface area contributed by atoms with E-state index in [0.29, 0.717) is 30.0 Å². The van der Waals surface area contributed by atoms with Gasteiger partial charge >= 0.3 is 0 Å². The first kappa shape index (κ1) is 16.3. The molecule has 124 valence electrons. The van der Waals surface area contributed by atoms with Gasteiger partial charge in [-0.05, 0) is 23.5 Å². The Morgan fingerprint density at radius 2 is 2.00 bits per heavy atom. The standard InChI is InChI=1S/C17H21ClN2O3/c1-17(2,3)11-5-4-9-10(14(11)18)8-20(16(9)23)12-6-7-13(21)19-15(12)22/h4-5,12,15,22H,6-8H2,1-3H3,(H,19,21). The van der Waals surface area contributed by atoms with Crippen LogP contribution in [0.5, 0.6) is 0 Å². The van der Waals surface area contributed by atoms with Gasteiger partial charge in [0.25, 0.3) is 5.91 Å². The van der Waals surface area contributed by atoms with Crippen molar-refractivity contribution in [3.8, 4) is 0 Å². The van der Waals surface area contributed by atoms with Crippen molar-refractivity contribution in [2.75, 3.05) is 0 Å². The second-order valence-electron chi connectivity index (χ2n) is 7.25. The summed E-state index contributed by atoms with van der Waals surface area (Å²) in [6, 6.07) is 3.31. The smallest absolute Gasteiger partial charge is 0.254 e. The van der Waals surface area contributed by atoms with Crippen LogP contribution in [-0.2, 0) is 16.8 Å². The lowest BCUT2D eigenvalue weighted by Gasteiger charge is -2.35. The molecule has 2 aliphatic heterocycles. The number of aliphatic hydroxyl groups excluding tert-OH is 1. The van der Waals surface area contributed by atoms with Gasteiger partial charge in [-0.1, -0.05) is 38.4 Å². The molecule has 0 aromatic heterocycles.